The molecule has 5 saturated carbocycles. The molecule has 42 heavy (non-hydrogen) atoms. The summed E-state index contributed by atoms with van der Waals surface area (Å²) < 4.78 is 6.08. The summed E-state index contributed by atoms with van der Waals surface area (Å²) in [4.78, 5) is 25.5. The van der Waals surface area contributed by atoms with Gasteiger partial charge in [0.1, 0.15) is 6.10 Å². The van der Waals surface area contributed by atoms with E-state index in [1.165, 1.54) is 0 Å². The van der Waals surface area contributed by atoms with E-state index in [0.29, 0.717) is 29.7 Å². The molecule has 5 heteroatoms. The standard InChI is InChI=1S/C37H54O5/c1-22-30(42-32(41)23-11-9-8-10-12-23)27(38)19-29-34(22,4)15-14-28-35(29,5)17-18-36(6)26-21-33(2,3)20-25(31(39)40)24(26)13-16-37(28,36)7/h8-12,22,24-30,38H,13-21H2,1-7H3,(H,39,40). The molecule has 0 aromatic heterocycles. The van der Waals surface area contributed by atoms with E-state index in [0.717, 1.165) is 51.4 Å². The van der Waals surface area contributed by atoms with Crippen LogP contribution < -0.4 is 0 Å². The number of esters is 1. The van der Waals surface area contributed by atoms with Gasteiger partial charge in [-0.15, -0.1) is 0 Å². The lowest BCUT2D eigenvalue weighted by Gasteiger charge is -2.74. The molecular formula is C37H54O5. The van der Waals surface area contributed by atoms with Crippen molar-refractivity contribution in [2.24, 2.45) is 62.6 Å². The number of rotatable bonds is 3. The predicted octanol–water partition coefficient (Wildman–Crippen LogP) is 8.00. The van der Waals surface area contributed by atoms with Gasteiger partial charge in [-0.1, -0.05) is 66.7 Å². The summed E-state index contributed by atoms with van der Waals surface area (Å²) in [5.41, 5.74) is 0.913. The van der Waals surface area contributed by atoms with E-state index < -0.39 is 18.2 Å². The number of fused-ring (bicyclic) bond motifs is 7. The third-order valence-electron chi connectivity index (χ3n) is 15.0. The van der Waals surface area contributed by atoms with Gasteiger partial charge < -0.3 is 14.9 Å². The van der Waals surface area contributed by atoms with E-state index in [9.17, 15) is 19.8 Å². The van der Waals surface area contributed by atoms with Gasteiger partial charge in [-0.3, -0.25) is 4.79 Å². The summed E-state index contributed by atoms with van der Waals surface area (Å²) in [6.07, 6.45) is 8.03. The van der Waals surface area contributed by atoms with Crippen LogP contribution in [0.5, 0.6) is 0 Å². The van der Waals surface area contributed by atoms with Crippen LogP contribution in [0.3, 0.4) is 0 Å². The SMILES string of the molecule is CC1C(OC(=O)c2ccccc2)C(O)CC2C1(C)CCC1C2(C)CCC2(C)C3CC(C)(C)CC(C(=O)O)C3CCC12C. The summed E-state index contributed by atoms with van der Waals surface area (Å²) in [7, 11) is 0. The van der Waals surface area contributed by atoms with Crippen molar-refractivity contribution in [2.75, 3.05) is 0 Å². The van der Waals surface area contributed by atoms with Gasteiger partial charge in [0.05, 0.1) is 17.6 Å². The summed E-state index contributed by atoms with van der Waals surface area (Å²) >= 11 is 0. The molecule has 6 rings (SSSR count). The highest BCUT2D eigenvalue weighted by molar-refractivity contribution is 5.89. The number of ether oxygens (including phenoxy) is 1. The second kappa shape index (κ2) is 9.81. The third-order valence-corrected chi connectivity index (χ3v) is 15.0. The fourth-order valence-electron chi connectivity index (χ4n) is 12.4. The molecule has 5 nitrogen and oxygen atoms in total. The van der Waals surface area contributed by atoms with Gasteiger partial charge >= 0.3 is 11.9 Å². The van der Waals surface area contributed by atoms with Crippen molar-refractivity contribution in [3.8, 4) is 0 Å². The number of carboxylic acid groups (broad SMARTS) is 1. The Kier molecular flexibility index (Phi) is 7.04. The quantitative estimate of drug-likeness (QED) is 0.355. The average Bonchev–Trinajstić information content (AvgIpc) is 2.93. The highest BCUT2D eigenvalue weighted by Crippen LogP contribution is 2.77. The minimum absolute atomic E-state index is 0.0192. The summed E-state index contributed by atoms with van der Waals surface area (Å²) in [6, 6.07) is 9.13. The minimum Gasteiger partial charge on any atom is -0.481 e. The molecule has 5 aliphatic rings. The Morgan fingerprint density at radius 1 is 0.833 bits per heavy atom. The van der Waals surface area contributed by atoms with Gasteiger partial charge in [0.15, 0.2) is 0 Å². The summed E-state index contributed by atoms with van der Waals surface area (Å²) in [6.45, 7) is 16.8. The molecule has 0 bridgehead atoms. The number of carbonyl (C=O) groups is 2. The lowest BCUT2D eigenvalue weighted by molar-refractivity contribution is -0.263. The van der Waals surface area contributed by atoms with E-state index in [4.69, 9.17) is 4.74 Å². The van der Waals surface area contributed by atoms with E-state index in [1.54, 1.807) is 12.1 Å². The van der Waals surface area contributed by atoms with Gasteiger partial charge in [-0.2, -0.15) is 0 Å². The molecule has 2 N–H and O–H groups in total. The lowest BCUT2D eigenvalue weighted by atomic mass is 9.31. The van der Waals surface area contributed by atoms with E-state index in [2.05, 4.69) is 48.5 Å². The maximum absolute atomic E-state index is 13.1. The Balaban J connectivity index is 1.29. The topological polar surface area (TPSA) is 83.8 Å². The van der Waals surface area contributed by atoms with E-state index in [-0.39, 0.29) is 50.8 Å². The molecule has 0 aliphatic heterocycles. The number of hydrogen-bond donors (Lipinski definition) is 2. The molecule has 0 spiro atoms. The largest absolute Gasteiger partial charge is 0.481 e. The van der Waals surface area contributed by atoms with Crippen LogP contribution in [0, 0.1) is 62.6 Å². The fourth-order valence-corrected chi connectivity index (χ4v) is 12.4. The van der Waals surface area contributed by atoms with Crippen molar-refractivity contribution in [3.05, 3.63) is 35.9 Å². The van der Waals surface area contributed by atoms with Crippen LogP contribution >= 0.6 is 0 Å². The molecule has 232 valence electrons. The highest BCUT2D eigenvalue weighted by Gasteiger charge is 2.71. The van der Waals surface area contributed by atoms with Crippen molar-refractivity contribution >= 4 is 11.9 Å². The number of carbonyl (C=O) groups excluding carboxylic acids is 1. The Morgan fingerprint density at radius 3 is 2.19 bits per heavy atom. The normalized spacial score (nSPS) is 49.4. The van der Waals surface area contributed by atoms with Crippen LogP contribution in [0.25, 0.3) is 0 Å². The molecule has 0 saturated heterocycles. The maximum Gasteiger partial charge on any atom is 0.338 e. The van der Waals surface area contributed by atoms with Crippen molar-refractivity contribution < 1.29 is 24.5 Å². The molecule has 1 aromatic carbocycles. The molecule has 12 unspecified atom stereocenters. The number of benzene rings is 1. The van der Waals surface area contributed by atoms with Crippen molar-refractivity contribution in [1.82, 2.24) is 0 Å². The molecule has 5 fully saturated rings. The first-order valence-corrected chi connectivity index (χ1v) is 16.7. The Hall–Kier alpha value is -1.88. The first-order valence-electron chi connectivity index (χ1n) is 16.7. The lowest BCUT2D eigenvalue weighted by Crippen LogP contribution is -2.68. The molecule has 5 aliphatic carbocycles. The van der Waals surface area contributed by atoms with Gasteiger partial charge in [0, 0.05) is 5.92 Å². The Morgan fingerprint density at radius 2 is 1.52 bits per heavy atom. The molecule has 0 amide bonds. The van der Waals surface area contributed by atoms with Gasteiger partial charge in [-0.25, -0.2) is 4.79 Å². The number of aliphatic hydroxyl groups excluding tert-OH is 1. The molecule has 12 atom stereocenters. The van der Waals surface area contributed by atoms with E-state index >= 15 is 0 Å². The van der Waals surface area contributed by atoms with Crippen LogP contribution in [-0.2, 0) is 9.53 Å². The zero-order chi connectivity index (χ0) is 30.5. The molecule has 1 aromatic rings. The summed E-state index contributed by atoms with van der Waals surface area (Å²) in [5, 5.41) is 21.9. The zero-order valence-corrected chi connectivity index (χ0v) is 27.0. The Labute approximate surface area is 253 Å². The molecular weight excluding hydrogens is 524 g/mol. The fraction of sp³-hybridized carbons (Fsp3) is 0.784. The molecule has 0 radical (unpaired) electrons. The first kappa shape index (κ1) is 30.2. The zero-order valence-electron chi connectivity index (χ0n) is 27.0. The number of aliphatic carboxylic acids is 1. The van der Waals surface area contributed by atoms with Crippen molar-refractivity contribution in [1.29, 1.82) is 0 Å². The number of aliphatic hydroxyl groups is 1. The van der Waals surface area contributed by atoms with Crippen LogP contribution in [0.1, 0.15) is 117 Å². The number of carboxylic acids is 1. The second-order valence-electron chi connectivity index (χ2n) is 17.1. The first-order chi connectivity index (χ1) is 19.6. The van der Waals surface area contributed by atoms with Crippen molar-refractivity contribution in [2.45, 2.75) is 118 Å². The smallest absolute Gasteiger partial charge is 0.338 e. The minimum atomic E-state index is -0.673. The second-order valence-corrected chi connectivity index (χ2v) is 17.1. The van der Waals surface area contributed by atoms with Gasteiger partial charge in [0.25, 0.3) is 0 Å². The van der Waals surface area contributed by atoms with E-state index in [1.807, 2.05) is 18.2 Å². The van der Waals surface area contributed by atoms with Crippen LogP contribution in [0.2, 0.25) is 0 Å². The number of hydrogen-bond acceptors (Lipinski definition) is 4. The van der Waals surface area contributed by atoms with Crippen LogP contribution in [0.15, 0.2) is 30.3 Å². The van der Waals surface area contributed by atoms with Gasteiger partial charge in [-0.05, 0) is 121 Å². The summed E-state index contributed by atoms with van der Waals surface area (Å²) in [5.74, 6) is 0.512. The highest BCUT2D eigenvalue weighted by atomic mass is 16.6. The maximum atomic E-state index is 13.1. The Bertz CT molecular complexity index is 1230. The van der Waals surface area contributed by atoms with Crippen molar-refractivity contribution in [3.63, 3.8) is 0 Å². The van der Waals surface area contributed by atoms with Crippen LogP contribution in [0.4, 0.5) is 0 Å². The predicted molar refractivity (Wildman–Crippen MR) is 164 cm³/mol. The monoisotopic (exact) mass is 578 g/mol. The van der Waals surface area contributed by atoms with Crippen LogP contribution in [-0.4, -0.2) is 34.4 Å². The molecule has 0 heterocycles. The average molecular weight is 579 g/mol. The van der Waals surface area contributed by atoms with Gasteiger partial charge in [0.2, 0.25) is 0 Å². The third kappa shape index (κ3) is 4.18.